The van der Waals surface area contributed by atoms with Crippen molar-refractivity contribution in [1.29, 1.82) is 0 Å². The topological polar surface area (TPSA) is 40.9 Å². The first-order valence-electron chi connectivity index (χ1n) is 8.66. The third kappa shape index (κ3) is 2.85. The predicted octanol–water partition coefficient (Wildman–Crippen LogP) is 1.88. The fourth-order valence-corrected chi connectivity index (χ4v) is 3.99. The molecule has 0 bridgehead atoms. The number of fused-ring (bicyclic) bond motifs is 2. The van der Waals surface area contributed by atoms with Crippen LogP contribution in [0.1, 0.15) is 30.5 Å². The number of amides is 1. The third-order valence-corrected chi connectivity index (χ3v) is 5.22. The van der Waals surface area contributed by atoms with Crippen LogP contribution in [0, 0.1) is 6.92 Å². The molecule has 0 unspecified atom stereocenters. The lowest BCUT2D eigenvalue weighted by Gasteiger charge is -2.25. The van der Waals surface area contributed by atoms with E-state index in [-0.39, 0.29) is 5.91 Å². The van der Waals surface area contributed by atoms with Crippen molar-refractivity contribution in [2.45, 2.75) is 38.6 Å². The summed E-state index contributed by atoms with van der Waals surface area (Å²) in [6.45, 7) is 6.18. The molecule has 0 spiro atoms. The van der Waals surface area contributed by atoms with E-state index in [2.05, 4.69) is 27.8 Å². The Kier molecular flexibility index (Phi) is 3.81. The minimum Gasteiger partial charge on any atom is -0.341 e. The Morgan fingerprint density at radius 3 is 3.04 bits per heavy atom. The Hall–Kier alpha value is -1.88. The van der Waals surface area contributed by atoms with Crippen LogP contribution in [0.5, 0.6) is 0 Å². The highest BCUT2D eigenvalue weighted by Gasteiger charge is 2.30. The zero-order valence-corrected chi connectivity index (χ0v) is 13.7. The van der Waals surface area contributed by atoms with Gasteiger partial charge in [-0.05, 0) is 44.4 Å². The van der Waals surface area contributed by atoms with Crippen molar-refractivity contribution in [1.82, 2.24) is 19.2 Å². The van der Waals surface area contributed by atoms with Gasteiger partial charge >= 0.3 is 0 Å². The van der Waals surface area contributed by atoms with E-state index in [1.807, 2.05) is 22.9 Å². The van der Waals surface area contributed by atoms with Gasteiger partial charge in [-0.1, -0.05) is 6.07 Å². The molecule has 2 saturated heterocycles. The Bertz CT molecular complexity index is 723. The molecule has 4 rings (SSSR count). The van der Waals surface area contributed by atoms with Gasteiger partial charge in [0, 0.05) is 38.1 Å². The summed E-state index contributed by atoms with van der Waals surface area (Å²) in [6, 6.07) is 4.64. The molecule has 1 amide bonds. The van der Waals surface area contributed by atoms with E-state index in [9.17, 15) is 4.79 Å². The molecule has 0 aromatic carbocycles. The summed E-state index contributed by atoms with van der Waals surface area (Å²) in [7, 11) is 0. The number of aryl methyl sites for hydroxylation is 1. The highest BCUT2D eigenvalue weighted by Crippen LogP contribution is 2.22. The van der Waals surface area contributed by atoms with Gasteiger partial charge < -0.3 is 9.30 Å². The average Bonchev–Trinajstić information content (AvgIpc) is 3.09. The molecule has 2 fully saturated rings. The Labute approximate surface area is 136 Å². The molecule has 122 valence electrons. The van der Waals surface area contributed by atoms with Crippen molar-refractivity contribution in [2.24, 2.45) is 0 Å². The molecule has 0 N–H and O–H groups in total. The zero-order valence-electron chi connectivity index (χ0n) is 13.7. The standard InChI is InChI=1S/C18H24N4O/c1-14-5-2-8-22-12-15(19-18(14)22)11-17(23)21-10-4-9-20-7-3-6-16(20)13-21/h2,5,8,12,16H,3-4,6-7,9-11,13H2,1H3/t16-/m1/s1. The van der Waals surface area contributed by atoms with Crippen LogP contribution in [-0.4, -0.2) is 57.3 Å². The monoisotopic (exact) mass is 312 g/mol. The molecule has 5 heteroatoms. The second-order valence-electron chi connectivity index (χ2n) is 6.86. The summed E-state index contributed by atoms with van der Waals surface area (Å²) >= 11 is 0. The average molecular weight is 312 g/mol. The van der Waals surface area contributed by atoms with Crippen LogP contribution in [0.4, 0.5) is 0 Å². The van der Waals surface area contributed by atoms with Crippen LogP contribution in [0.15, 0.2) is 24.5 Å². The first kappa shape index (κ1) is 14.7. The van der Waals surface area contributed by atoms with Gasteiger partial charge in [-0.3, -0.25) is 9.69 Å². The number of hydrogen-bond donors (Lipinski definition) is 0. The van der Waals surface area contributed by atoms with Gasteiger partial charge in [-0.25, -0.2) is 4.98 Å². The van der Waals surface area contributed by atoms with Crippen molar-refractivity contribution >= 4 is 11.6 Å². The molecule has 23 heavy (non-hydrogen) atoms. The van der Waals surface area contributed by atoms with E-state index in [0.717, 1.165) is 43.0 Å². The number of carbonyl (C=O) groups excluding carboxylic acids is 1. The highest BCUT2D eigenvalue weighted by atomic mass is 16.2. The van der Waals surface area contributed by atoms with Crippen molar-refractivity contribution in [3.63, 3.8) is 0 Å². The van der Waals surface area contributed by atoms with Crippen molar-refractivity contribution in [3.8, 4) is 0 Å². The number of imidazole rings is 1. The Morgan fingerprint density at radius 1 is 1.30 bits per heavy atom. The van der Waals surface area contributed by atoms with Crippen LogP contribution < -0.4 is 0 Å². The minimum absolute atomic E-state index is 0.222. The summed E-state index contributed by atoms with van der Waals surface area (Å²) in [5.41, 5.74) is 2.97. The molecule has 0 aliphatic carbocycles. The SMILES string of the molecule is Cc1cccn2cc(CC(=O)N3CCCN4CCC[C@@H]4C3)nc12. The van der Waals surface area contributed by atoms with Gasteiger partial charge in [0.05, 0.1) is 12.1 Å². The lowest BCUT2D eigenvalue weighted by Crippen LogP contribution is -2.40. The molecule has 0 saturated carbocycles. The van der Waals surface area contributed by atoms with Gasteiger partial charge in [0.1, 0.15) is 5.65 Å². The molecule has 0 radical (unpaired) electrons. The third-order valence-electron chi connectivity index (χ3n) is 5.22. The molecule has 2 aromatic rings. The fourth-order valence-electron chi connectivity index (χ4n) is 3.99. The van der Waals surface area contributed by atoms with Crippen molar-refractivity contribution < 1.29 is 4.79 Å². The van der Waals surface area contributed by atoms with Crippen LogP contribution in [0.25, 0.3) is 5.65 Å². The molecule has 1 atom stereocenters. The molecular formula is C18H24N4O. The normalized spacial score (nSPS) is 22.3. The van der Waals surface area contributed by atoms with Crippen LogP contribution in [0.3, 0.4) is 0 Å². The quantitative estimate of drug-likeness (QED) is 0.850. The number of aromatic nitrogens is 2. The summed E-state index contributed by atoms with van der Waals surface area (Å²) < 4.78 is 2.01. The smallest absolute Gasteiger partial charge is 0.228 e. The number of pyridine rings is 1. The lowest BCUT2D eigenvalue weighted by molar-refractivity contribution is -0.130. The maximum absolute atomic E-state index is 12.7. The maximum Gasteiger partial charge on any atom is 0.228 e. The van der Waals surface area contributed by atoms with Crippen molar-refractivity contribution in [2.75, 3.05) is 26.2 Å². The minimum atomic E-state index is 0.222. The maximum atomic E-state index is 12.7. The van der Waals surface area contributed by atoms with Crippen molar-refractivity contribution in [3.05, 3.63) is 35.8 Å². The second-order valence-corrected chi connectivity index (χ2v) is 6.86. The number of nitrogens with zero attached hydrogens (tertiary/aromatic N) is 4. The summed E-state index contributed by atoms with van der Waals surface area (Å²) in [4.78, 5) is 22.0. The van der Waals surface area contributed by atoms with Gasteiger partial charge in [0.25, 0.3) is 0 Å². The largest absolute Gasteiger partial charge is 0.341 e. The zero-order chi connectivity index (χ0) is 15.8. The summed E-state index contributed by atoms with van der Waals surface area (Å²) in [6.07, 6.45) is 7.99. The fraction of sp³-hybridized carbons (Fsp3) is 0.556. The van der Waals surface area contributed by atoms with E-state index >= 15 is 0 Å². The van der Waals surface area contributed by atoms with Gasteiger partial charge in [0.2, 0.25) is 5.91 Å². The number of hydrogen-bond acceptors (Lipinski definition) is 3. The molecule has 2 aliphatic rings. The van der Waals surface area contributed by atoms with E-state index in [4.69, 9.17) is 0 Å². The first-order valence-corrected chi connectivity index (χ1v) is 8.66. The van der Waals surface area contributed by atoms with Gasteiger partial charge in [-0.15, -0.1) is 0 Å². The highest BCUT2D eigenvalue weighted by molar-refractivity contribution is 5.78. The van der Waals surface area contributed by atoms with Crippen LogP contribution in [0.2, 0.25) is 0 Å². The summed E-state index contributed by atoms with van der Waals surface area (Å²) in [5.74, 6) is 0.222. The van der Waals surface area contributed by atoms with E-state index in [1.165, 1.54) is 19.4 Å². The number of rotatable bonds is 2. The van der Waals surface area contributed by atoms with E-state index in [1.54, 1.807) is 0 Å². The van der Waals surface area contributed by atoms with Gasteiger partial charge in [0.15, 0.2) is 0 Å². The molecule has 2 aromatic heterocycles. The second kappa shape index (κ2) is 5.96. The number of carbonyl (C=O) groups is 1. The molecule has 2 aliphatic heterocycles. The van der Waals surface area contributed by atoms with E-state index in [0.29, 0.717) is 12.5 Å². The first-order chi connectivity index (χ1) is 11.2. The Balaban J connectivity index is 1.48. The molecule has 5 nitrogen and oxygen atoms in total. The predicted molar refractivity (Wildman–Crippen MR) is 89.4 cm³/mol. The lowest BCUT2D eigenvalue weighted by atomic mass is 10.2. The molecular weight excluding hydrogens is 288 g/mol. The Morgan fingerprint density at radius 2 is 2.17 bits per heavy atom. The summed E-state index contributed by atoms with van der Waals surface area (Å²) in [5, 5.41) is 0. The van der Waals surface area contributed by atoms with Crippen LogP contribution >= 0.6 is 0 Å². The van der Waals surface area contributed by atoms with E-state index < -0.39 is 0 Å². The van der Waals surface area contributed by atoms with Crippen LogP contribution in [-0.2, 0) is 11.2 Å². The molecule has 4 heterocycles. The van der Waals surface area contributed by atoms with Gasteiger partial charge in [-0.2, -0.15) is 0 Å².